The standard InChI is InChI=1S/C55H39NO3/c1-54(2)42-24-30(32-14-10-16-38-36-12-6-8-18-48(36)58-52(32)38)20-22-34(42)40-26-46-50(28-44(40)54)57-51-29-45-41(27-47(51)56(46)5)35-23-21-31(25-43(35)55(45,3)4)33-15-11-17-39-37-13-7-9-19-49(37)59-53(33)39/h6-29H,1-5H3. The smallest absolute Gasteiger partial charge is 0.151 e. The predicted octanol–water partition coefficient (Wildman–Crippen LogP) is 15.3. The Morgan fingerprint density at radius 3 is 1.29 bits per heavy atom. The van der Waals surface area contributed by atoms with E-state index in [2.05, 4.69) is 173 Å². The lowest BCUT2D eigenvalue weighted by Gasteiger charge is -2.33. The number of furan rings is 2. The molecule has 0 N–H and O–H groups in total. The van der Waals surface area contributed by atoms with Crippen LogP contribution in [0.15, 0.2) is 154 Å². The van der Waals surface area contributed by atoms with E-state index >= 15 is 0 Å². The van der Waals surface area contributed by atoms with Gasteiger partial charge in [-0.15, -0.1) is 0 Å². The Kier molecular flexibility index (Phi) is 6.22. The third-order valence-corrected chi connectivity index (χ3v) is 13.9. The van der Waals surface area contributed by atoms with Crippen molar-refractivity contribution < 1.29 is 13.6 Å². The molecule has 2 aromatic heterocycles. The zero-order chi connectivity index (χ0) is 39.5. The van der Waals surface area contributed by atoms with Crippen LogP contribution in [0.1, 0.15) is 49.9 Å². The molecule has 0 saturated carbocycles. The summed E-state index contributed by atoms with van der Waals surface area (Å²) in [6.45, 7) is 9.36. The number of nitrogens with zero attached hydrogens (tertiary/aromatic N) is 1. The molecule has 4 heteroatoms. The molecule has 3 heterocycles. The number of benzene rings is 8. The Morgan fingerprint density at radius 2 is 0.814 bits per heavy atom. The third-order valence-electron chi connectivity index (χ3n) is 13.9. The second-order valence-electron chi connectivity index (χ2n) is 17.7. The van der Waals surface area contributed by atoms with Gasteiger partial charge in [-0.3, -0.25) is 0 Å². The Morgan fingerprint density at radius 1 is 0.390 bits per heavy atom. The lowest BCUT2D eigenvalue weighted by Crippen LogP contribution is -2.19. The molecule has 0 atom stereocenters. The molecule has 1 aliphatic heterocycles. The third kappa shape index (κ3) is 4.28. The predicted molar refractivity (Wildman–Crippen MR) is 242 cm³/mol. The Balaban J connectivity index is 0.888. The Labute approximate surface area is 341 Å². The molecule has 0 bridgehead atoms. The monoisotopic (exact) mass is 761 g/mol. The van der Waals surface area contributed by atoms with E-state index in [1.165, 1.54) is 44.5 Å². The van der Waals surface area contributed by atoms with E-state index in [1.54, 1.807) is 0 Å². The first-order valence-electron chi connectivity index (χ1n) is 20.5. The zero-order valence-electron chi connectivity index (χ0n) is 33.5. The van der Waals surface area contributed by atoms with Crippen molar-refractivity contribution in [3.8, 4) is 56.0 Å². The molecule has 8 aromatic carbocycles. The number of fused-ring (bicyclic) bond motifs is 14. The lowest BCUT2D eigenvalue weighted by molar-refractivity contribution is 0.471. The molecular weight excluding hydrogens is 723 g/mol. The van der Waals surface area contributed by atoms with Crippen LogP contribution >= 0.6 is 0 Å². The largest absolute Gasteiger partial charge is 0.455 e. The van der Waals surface area contributed by atoms with Gasteiger partial charge in [0, 0.05) is 50.5 Å². The van der Waals surface area contributed by atoms with Gasteiger partial charge in [0.2, 0.25) is 0 Å². The average Bonchev–Trinajstić information content (AvgIpc) is 3.95. The van der Waals surface area contributed by atoms with Crippen LogP contribution in [-0.2, 0) is 10.8 Å². The highest BCUT2D eigenvalue weighted by Crippen LogP contribution is 2.59. The van der Waals surface area contributed by atoms with Gasteiger partial charge < -0.3 is 18.5 Å². The maximum atomic E-state index is 6.96. The molecule has 13 rings (SSSR count). The molecule has 0 spiro atoms. The van der Waals surface area contributed by atoms with Crippen molar-refractivity contribution in [1.82, 2.24) is 0 Å². The van der Waals surface area contributed by atoms with E-state index < -0.39 is 0 Å². The van der Waals surface area contributed by atoms with Gasteiger partial charge in [0.15, 0.2) is 11.5 Å². The van der Waals surface area contributed by atoms with Crippen molar-refractivity contribution in [3.63, 3.8) is 0 Å². The minimum Gasteiger partial charge on any atom is -0.455 e. The first kappa shape index (κ1) is 33.0. The lowest BCUT2D eigenvalue weighted by atomic mass is 9.81. The number of hydrogen-bond acceptors (Lipinski definition) is 4. The fraction of sp³-hybridized carbons (Fsp3) is 0.127. The topological polar surface area (TPSA) is 38.8 Å². The van der Waals surface area contributed by atoms with Gasteiger partial charge in [-0.1, -0.05) is 125 Å². The van der Waals surface area contributed by atoms with Crippen LogP contribution < -0.4 is 9.64 Å². The van der Waals surface area contributed by atoms with E-state index in [-0.39, 0.29) is 10.8 Å². The number of anilines is 2. The summed E-state index contributed by atoms with van der Waals surface area (Å²) in [5.41, 5.74) is 20.2. The number of para-hydroxylation sites is 4. The molecule has 4 nitrogen and oxygen atoms in total. The van der Waals surface area contributed by atoms with E-state index in [0.29, 0.717) is 0 Å². The average molecular weight is 762 g/mol. The maximum absolute atomic E-state index is 6.96. The second kappa shape index (κ2) is 11.1. The van der Waals surface area contributed by atoms with Crippen LogP contribution in [0, 0.1) is 0 Å². The van der Waals surface area contributed by atoms with Crippen LogP contribution in [0.5, 0.6) is 11.5 Å². The van der Waals surface area contributed by atoms with Crippen LogP contribution in [0.25, 0.3) is 88.4 Å². The van der Waals surface area contributed by atoms with E-state index in [1.807, 2.05) is 12.1 Å². The van der Waals surface area contributed by atoms with E-state index in [9.17, 15) is 0 Å². The van der Waals surface area contributed by atoms with Crippen molar-refractivity contribution in [2.45, 2.75) is 38.5 Å². The minimum absolute atomic E-state index is 0.230. The van der Waals surface area contributed by atoms with Gasteiger partial charge in [0.05, 0.1) is 11.4 Å². The number of hydrogen-bond donors (Lipinski definition) is 0. The molecule has 59 heavy (non-hydrogen) atoms. The zero-order valence-corrected chi connectivity index (χ0v) is 33.5. The summed E-state index contributed by atoms with van der Waals surface area (Å²) < 4.78 is 19.9. The first-order chi connectivity index (χ1) is 28.6. The molecule has 10 aromatic rings. The van der Waals surface area contributed by atoms with Crippen molar-refractivity contribution in [2.24, 2.45) is 0 Å². The van der Waals surface area contributed by atoms with E-state index in [4.69, 9.17) is 13.6 Å². The van der Waals surface area contributed by atoms with Crippen LogP contribution in [0.3, 0.4) is 0 Å². The summed E-state index contributed by atoms with van der Waals surface area (Å²) in [5.74, 6) is 1.78. The molecular formula is C55H39NO3. The molecule has 0 saturated heterocycles. The van der Waals surface area contributed by atoms with Crippen molar-refractivity contribution in [1.29, 1.82) is 0 Å². The quantitative estimate of drug-likeness (QED) is 0.176. The van der Waals surface area contributed by atoms with Gasteiger partial charge in [0.25, 0.3) is 0 Å². The fourth-order valence-corrected chi connectivity index (χ4v) is 10.7. The molecule has 3 aliphatic rings. The number of rotatable bonds is 2. The normalized spacial score (nSPS) is 15.2. The summed E-state index contributed by atoms with van der Waals surface area (Å²) in [5, 5.41) is 4.59. The van der Waals surface area contributed by atoms with Crippen molar-refractivity contribution >= 4 is 55.3 Å². The molecule has 0 fully saturated rings. The molecule has 0 radical (unpaired) electrons. The highest BCUT2D eigenvalue weighted by Gasteiger charge is 2.41. The summed E-state index contributed by atoms with van der Waals surface area (Å²) >= 11 is 0. The maximum Gasteiger partial charge on any atom is 0.151 e. The van der Waals surface area contributed by atoms with Gasteiger partial charge >= 0.3 is 0 Å². The minimum atomic E-state index is -0.230. The van der Waals surface area contributed by atoms with E-state index in [0.717, 1.165) is 89.0 Å². The number of ether oxygens (including phenoxy) is 1. The second-order valence-corrected chi connectivity index (χ2v) is 17.7. The summed E-state index contributed by atoms with van der Waals surface area (Å²) in [6.07, 6.45) is 0. The molecule has 0 unspecified atom stereocenters. The molecule has 282 valence electrons. The highest BCUT2D eigenvalue weighted by molar-refractivity contribution is 6.11. The van der Waals surface area contributed by atoms with Gasteiger partial charge in [-0.25, -0.2) is 0 Å². The van der Waals surface area contributed by atoms with Crippen LogP contribution in [0.2, 0.25) is 0 Å². The summed E-state index contributed by atoms with van der Waals surface area (Å²) in [7, 11) is 2.18. The SMILES string of the molecule is CN1c2cc3c(cc2Oc2cc4c(cc21)-c1ccc(-c2cccc5c2oc2ccccc25)cc1C4(C)C)C(C)(C)c1cc(-c2cccc4c2oc2ccccc24)ccc1-3. The summed E-state index contributed by atoms with van der Waals surface area (Å²) in [4.78, 5) is 2.32. The fourth-order valence-electron chi connectivity index (χ4n) is 10.7. The van der Waals surface area contributed by atoms with Gasteiger partial charge in [-0.2, -0.15) is 0 Å². The van der Waals surface area contributed by atoms with Crippen molar-refractivity contribution in [2.75, 3.05) is 11.9 Å². The summed E-state index contributed by atoms with van der Waals surface area (Å²) in [6, 6.07) is 52.7. The van der Waals surface area contributed by atoms with Crippen LogP contribution in [0.4, 0.5) is 11.4 Å². The van der Waals surface area contributed by atoms with Crippen molar-refractivity contribution in [3.05, 3.63) is 168 Å². The van der Waals surface area contributed by atoms with Gasteiger partial charge in [-0.05, 0) is 104 Å². The first-order valence-corrected chi connectivity index (χ1v) is 20.5. The Hall–Kier alpha value is -7.04. The van der Waals surface area contributed by atoms with Crippen LogP contribution in [-0.4, -0.2) is 7.05 Å². The highest BCUT2D eigenvalue weighted by atomic mass is 16.5. The molecule has 2 aliphatic carbocycles. The van der Waals surface area contributed by atoms with Gasteiger partial charge in [0.1, 0.15) is 22.3 Å². The molecule has 0 amide bonds. The Bertz CT molecular complexity index is 3270.